The number of benzene rings is 3. The van der Waals surface area contributed by atoms with Gasteiger partial charge < -0.3 is 9.32 Å². The van der Waals surface area contributed by atoms with E-state index in [1.54, 1.807) is 0 Å². The molecule has 0 radical (unpaired) electrons. The zero-order valence-electron chi connectivity index (χ0n) is 20.2. The molecule has 0 saturated heterocycles. The third-order valence-corrected chi connectivity index (χ3v) is 5.71. The van der Waals surface area contributed by atoms with Crippen LogP contribution in [-0.2, 0) is 0 Å². The van der Waals surface area contributed by atoms with Gasteiger partial charge in [0, 0.05) is 48.4 Å². The normalized spacial score (nSPS) is 12.1. The second-order valence-corrected chi connectivity index (χ2v) is 9.91. The molecule has 3 heteroatoms. The Morgan fingerprint density at radius 3 is 2.31 bits per heavy atom. The fraction of sp³-hybridized carbons (Fsp3) is 0.276. The van der Waals surface area contributed by atoms with Crippen molar-refractivity contribution in [3.8, 4) is 22.5 Å². The van der Waals surface area contributed by atoms with Gasteiger partial charge in [0.1, 0.15) is 25.4 Å². The van der Waals surface area contributed by atoms with E-state index >= 15 is 0 Å². The number of anilines is 1. The molecule has 0 aromatic heterocycles. The van der Waals surface area contributed by atoms with Crippen molar-refractivity contribution < 1.29 is 4.42 Å². The number of fused-ring (bicyclic) bond motifs is 2. The Morgan fingerprint density at radius 1 is 0.875 bits per heavy atom. The lowest BCUT2D eigenvalue weighted by atomic mass is 9.89. The second-order valence-electron chi connectivity index (χ2n) is 9.91. The van der Waals surface area contributed by atoms with Gasteiger partial charge in [-0.25, -0.2) is 4.58 Å². The van der Waals surface area contributed by atoms with Crippen molar-refractivity contribution in [2.75, 3.05) is 33.1 Å². The van der Waals surface area contributed by atoms with Crippen molar-refractivity contribution in [1.82, 2.24) is 4.58 Å². The molecule has 4 rings (SSSR count). The maximum absolute atomic E-state index is 6.47. The number of nitrogens with zero attached hydrogens (tertiary/aromatic N) is 2. The minimum atomic E-state index is 0.116. The van der Waals surface area contributed by atoms with E-state index in [0.29, 0.717) is 0 Å². The summed E-state index contributed by atoms with van der Waals surface area (Å²) in [5.74, 6) is 0.893. The lowest BCUT2D eigenvalue weighted by molar-refractivity contribution is 0.547. The first-order chi connectivity index (χ1) is 15.1. The van der Waals surface area contributed by atoms with Crippen LogP contribution in [0.3, 0.4) is 0 Å². The highest BCUT2D eigenvalue weighted by Crippen LogP contribution is 2.42. The van der Waals surface area contributed by atoms with Crippen molar-refractivity contribution in [3.63, 3.8) is 0 Å². The van der Waals surface area contributed by atoms with Crippen molar-refractivity contribution in [2.45, 2.75) is 20.8 Å². The zero-order chi connectivity index (χ0) is 23.0. The molecule has 0 unspecified atom stereocenters. The van der Waals surface area contributed by atoms with Crippen molar-refractivity contribution in [2.24, 2.45) is 5.41 Å². The molecule has 2 aliphatic rings. The summed E-state index contributed by atoms with van der Waals surface area (Å²) in [6.07, 6.45) is 4.53. The van der Waals surface area contributed by atoms with E-state index in [4.69, 9.17) is 4.42 Å². The van der Waals surface area contributed by atoms with E-state index in [1.807, 2.05) is 0 Å². The van der Waals surface area contributed by atoms with Crippen LogP contribution in [0, 0.1) is 5.41 Å². The van der Waals surface area contributed by atoms with Gasteiger partial charge in [0.15, 0.2) is 0 Å². The van der Waals surface area contributed by atoms with Crippen LogP contribution in [0.25, 0.3) is 39.5 Å². The van der Waals surface area contributed by atoms with Crippen LogP contribution in [0.5, 0.6) is 0 Å². The third-order valence-electron chi connectivity index (χ3n) is 5.71. The molecular weight excluding hydrogens is 392 g/mol. The molecular formula is C29H33N2O+. The van der Waals surface area contributed by atoms with Gasteiger partial charge in [-0.15, -0.1) is 0 Å². The minimum absolute atomic E-state index is 0.116. The Bertz CT molecular complexity index is 1350. The first-order valence-electron chi connectivity index (χ1n) is 11.1. The summed E-state index contributed by atoms with van der Waals surface area (Å²) < 4.78 is 8.58. The fourth-order valence-corrected chi connectivity index (χ4v) is 3.92. The number of hydrogen-bond donors (Lipinski definition) is 0. The van der Waals surface area contributed by atoms with Crippen molar-refractivity contribution >= 4 is 22.7 Å². The zero-order valence-corrected chi connectivity index (χ0v) is 20.2. The molecule has 2 aromatic rings. The van der Waals surface area contributed by atoms with Crippen LogP contribution in [-0.4, -0.2) is 28.2 Å². The van der Waals surface area contributed by atoms with E-state index in [1.165, 1.54) is 16.7 Å². The largest absolute Gasteiger partial charge is 0.456 e. The van der Waals surface area contributed by atoms with Gasteiger partial charge in [0.05, 0.1) is 6.07 Å². The molecule has 0 bridgehead atoms. The highest BCUT2D eigenvalue weighted by atomic mass is 16.3. The number of hydrogen-bond acceptors (Lipinski definition) is 2. The molecule has 3 nitrogen and oxygen atoms in total. The summed E-state index contributed by atoms with van der Waals surface area (Å²) in [4.78, 5) is 2.11. The minimum Gasteiger partial charge on any atom is -0.456 e. The fourth-order valence-electron chi connectivity index (χ4n) is 3.92. The van der Waals surface area contributed by atoms with E-state index in [0.717, 1.165) is 33.3 Å². The highest BCUT2D eigenvalue weighted by molar-refractivity contribution is 6.04. The monoisotopic (exact) mass is 425 g/mol. The number of allylic oxidation sites excluding steroid dienone is 1. The molecule has 2 aromatic carbocycles. The van der Waals surface area contributed by atoms with Gasteiger partial charge in [0.2, 0.25) is 5.36 Å². The SMILES string of the molecule is CN(C)c1ccc2c(-c3ccccc3C=CC(C)(C)C)c3ccc(=[N+](C)C)cc-3oc2c1. The molecule has 0 spiro atoms. The Hall–Kier alpha value is -3.33. The lowest BCUT2D eigenvalue weighted by Crippen LogP contribution is -2.21. The average molecular weight is 426 g/mol. The molecule has 0 N–H and O–H groups in total. The highest BCUT2D eigenvalue weighted by Gasteiger charge is 2.20. The standard InChI is InChI=1S/C29H33N2O/c1-29(2,3)17-16-20-10-8-9-11-23(20)28-24-14-12-21(30(4)5)18-26(24)32-27-19-22(31(6)7)13-15-25(27)28/h8-19H,1-7H3/q+1. The van der Waals surface area contributed by atoms with Crippen LogP contribution in [0.4, 0.5) is 5.69 Å². The number of rotatable bonds is 3. The van der Waals surface area contributed by atoms with E-state index in [2.05, 4.69) is 131 Å². The van der Waals surface area contributed by atoms with Gasteiger partial charge in [-0.1, -0.05) is 57.2 Å². The maximum atomic E-state index is 6.47. The molecule has 0 fully saturated rings. The predicted molar refractivity (Wildman–Crippen MR) is 138 cm³/mol. The van der Waals surface area contributed by atoms with Crippen LogP contribution in [0.2, 0.25) is 0 Å². The molecule has 32 heavy (non-hydrogen) atoms. The molecule has 0 atom stereocenters. The van der Waals surface area contributed by atoms with Gasteiger partial charge >= 0.3 is 0 Å². The predicted octanol–water partition coefficient (Wildman–Crippen LogP) is 6.36. The van der Waals surface area contributed by atoms with Crippen LogP contribution < -0.4 is 14.8 Å². The van der Waals surface area contributed by atoms with Gasteiger partial charge in [-0.2, -0.15) is 0 Å². The van der Waals surface area contributed by atoms with Crippen LogP contribution in [0.1, 0.15) is 26.3 Å². The van der Waals surface area contributed by atoms with Gasteiger partial charge in [-0.05, 0) is 34.7 Å². The summed E-state index contributed by atoms with van der Waals surface area (Å²) in [7, 11) is 8.22. The van der Waals surface area contributed by atoms with Crippen LogP contribution in [0.15, 0.2) is 71.2 Å². The van der Waals surface area contributed by atoms with E-state index < -0.39 is 0 Å². The smallest absolute Gasteiger partial charge is 0.203 e. The Labute approximate surface area is 191 Å². The first kappa shape index (κ1) is 21.9. The third kappa shape index (κ3) is 4.34. The first-order valence-corrected chi connectivity index (χ1v) is 11.1. The van der Waals surface area contributed by atoms with E-state index in [-0.39, 0.29) is 5.41 Å². The topological polar surface area (TPSA) is 19.4 Å². The summed E-state index contributed by atoms with van der Waals surface area (Å²) in [5, 5.41) is 2.24. The molecule has 0 amide bonds. The summed E-state index contributed by atoms with van der Waals surface area (Å²) in [5.41, 5.74) is 6.90. The molecule has 1 aliphatic carbocycles. The Balaban J connectivity index is 2.10. The van der Waals surface area contributed by atoms with Crippen LogP contribution >= 0.6 is 0 Å². The maximum Gasteiger partial charge on any atom is 0.203 e. The summed E-state index contributed by atoms with van der Waals surface area (Å²) in [6.45, 7) is 6.68. The van der Waals surface area contributed by atoms with Gasteiger partial charge in [0.25, 0.3) is 0 Å². The van der Waals surface area contributed by atoms with E-state index in [9.17, 15) is 0 Å². The lowest BCUT2D eigenvalue weighted by Gasteiger charge is -2.19. The summed E-state index contributed by atoms with van der Waals surface area (Å²) >= 11 is 0. The Morgan fingerprint density at radius 2 is 1.62 bits per heavy atom. The average Bonchev–Trinajstić information content (AvgIpc) is 2.74. The molecule has 1 aliphatic heterocycles. The molecule has 1 heterocycles. The summed E-state index contributed by atoms with van der Waals surface area (Å²) in [6, 6.07) is 21.6. The van der Waals surface area contributed by atoms with Gasteiger partial charge in [-0.3, -0.25) is 0 Å². The Kier molecular flexibility index (Phi) is 5.68. The van der Waals surface area contributed by atoms with Crippen molar-refractivity contribution in [1.29, 1.82) is 0 Å². The molecule has 0 saturated carbocycles. The quantitative estimate of drug-likeness (QED) is 0.281. The molecule has 164 valence electrons. The second kappa shape index (κ2) is 8.31. The van der Waals surface area contributed by atoms with Crippen molar-refractivity contribution in [3.05, 3.63) is 77.7 Å².